The van der Waals surface area contributed by atoms with Gasteiger partial charge in [0.2, 0.25) is 5.96 Å². The molecule has 0 saturated heterocycles. The minimum absolute atomic E-state index is 0.164. The van der Waals surface area contributed by atoms with Crippen LogP contribution in [0.4, 0.5) is 15.3 Å². The number of carbonyl (C=O) groups is 2. The van der Waals surface area contributed by atoms with E-state index >= 15 is 0 Å². The summed E-state index contributed by atoms with van der Waals surface area (Å²) in [5, 5.41) is 12.0. The molecule has 3 amide bonds. The van der Waals surface area contributed by atoms with Crippen LogP contribution in [0.1, 0.15) is 0 Å². The average molecular weight is 351 g/mol. The van der Waals surface area contributed by atoms with Gasteiger partial charge in [0.25, 0.3) is 0 Å². The number of amides is 3. The Morgan fingerprint density at radius 3 is 2.43 bits per heavy atom. The van der Waals surface area contributed by atoms with Crippen LogP contribution in [0.3, 0.4) is 0 Å². The molecule has 0 fully saturated rings. The summed E-state index contributed by atoms with van der Waals surface area (Å²) >= 11 is 15.5. The highest BCUT2D eigenvalue weighted by Gasteiger charge is 2.23. The third kappa shape index (κ3) is 4.42. The number of hydrogen-bond acceptors (Lipinski definition) is 4. The Kier molecular flexibility index (Phi) is 6.13. The molecule has 1 rings (SSSR count). The van der Waals surface area contributed by atoms with Crippen LogP contribution in [0.2, 0.25) is 10.0 Å². The summed E-state index contributed by atoms with van der Waals surface area (Å²) in [5.41, 5.74) is 0.377. The topological polar surface area (TPSA) is 85.2 Å². The van der Waals surface area contributed by atoms with Crippen LogP contribution in [-0.2, 0) is 0 Å². The fourth-order valence-corrected chi connectivity index (χ4v) is 1.89. The SMILES string of the molecule is CN=C(N(C)C(=O)O)N(S)C(=O)Nc1ccc(Cl)c(Cl)c1. The maximum Gasteiger partial charge on any atom is 0.413 e. The predicted molar refractivity (Wildman–Crippen MR) is 85.5 cm³/mol. The second kappa shape index (κ2) is 7.39. The van der Waals surface area contributed by atoms with Gasteiger partial charge in [-0.05, 0) is 18.2 Å². The van der Waals surface area contributed by atoms with Crippen LogP contribution in [0, 0.1) is 0 Å². The maximum absolute atomic E-state index is 12.0. The molecule has 0 aliphatic heterocycles. The van der Waals surface area contributed by atoms with E-state index in [4.69, 9.17) is 28.3 Å². The van der Waals surface area contributed by atoms with Gasteiger partial charge in [-0.15, -0.1) is 0 Å². The Hall–Kier alpha value is -1.64. The van der Waals surface area contributed by atoms with Gasteiger partial charge in [0.15, 0.2) is 0 Å². The molecule has 0 radical (unpaired) electrons. The third-order valence-electron chi connectivity index (χ3n) is 2.34. The number of aliphatic imine (C=N–C) groups is 1. The second-order valence-corrected chi connectivity index (χ2v) is 4.95. The van der Waals surface area contributed by atoms with Gasteiger partial charge >= 0.3 is 12.1 Å². The molecule has 21 heavy (non-hydrogen) atoms. The summed E-state index contributed by atoms with van der Waals surface area (Å²) < 4.78 is 0.761. The zero-order chi connectivity index (χ0) is 16.2. The van der Waals surface area contributed by atoms with Crippen molar-refractivity contribution in [1.29, 1.82) is 0 Å². The summed E-state index contributed by atoms with van der Waals surface area (Å²) in [6.45, 7) is 0. The molecule has 0 bridgehead atoms. The number of carboxylic acid groups (broad SMARTS) is 1. The zero-order valence-corrected chi connectivity index (χ0v) is 13.4. The minimum Gasteiger partial charge on any atom is -0.465 e. The Bertz CT molecular complexity index is 597. The Balaban J connectivity index is 2.87. The lowest BCUT2D eigenvalue weighted by Gasteiger charge is -2.23. The number of benzene rings is 1. The molecular weight excluding hydrogens is 339 g/mol. The number of nitrogens with one attached hydrogen (secondary N) is 1. The molecular formula is C11H12Cl2N4O3S. The molecule has 0 aliphatic carbocycles. The number of halogens is 2. The van der Waals surface area contributed by atoms with Crippen molar-refractivity contribution in [1.82, 2.24) is 9.21 Å². The smallest absolute Gasteiger partial charge is 0.413 e. The lowest BCUT2D eigenvalue weighted by Crippen LogP contribution is -2.44. The lowest BCUT2D eigenvalue weighted by molar-refractivity contribution is 0.173. The number of rotatable bonds is 1. The molecule has 0 unspecified atom stereocenters. The minimum atomic E-state index is -1.28. The fraction of sp³-hybridized carbons (Fsp3) is 0.182. The van der Waals surface area contributed by atoms with Crippen LogP contribution in [0.25, 0.3) is 0 Å². The molecule has 0 atom stereocenters. The first-order valence-electron chi connectivity index (χ1n) is 5.46. The first-order valence-corrected chi connectivity index (χ1v) is 6.62. The number of guanidine groups is 1. The Morgan fingerprint density at radius 1 is 1.33 bits per heavy atom. The van der Waals surface area contributed by atoms with Gasteiger partial charge in [-0.25, -0.2) is 18.8 Å². The van der Waals surface area contributed by atoms with E-state index in [0.717, 1.165) is 9.21 Å². The van der Waals surface area contributed by atoms with E-state index in [1.807, 2.05) is 0 Å². The molecule has 2 N–H and O–H groups in total. The van der Waals surface area contributed by atoms with E-state index in [-0.39, 0.29) is 11.0 Å². The molecule has 10 heteroatoms. The van der Waals surface area contributed by atoms with E-state index < -0.39 is 12.1 Å². The van der Waals surface area contributed by atoms with E-state index in [2.05, 4.69) is 23.1 Å². The van der Waals surface area contributed by atoms with E-state index in [1.54, 1.807) is 0 Å². The number of anilines is 1. The number of nitrogens with zero attached hydrogens (tertiary/aromatic N) is 3. The second-order valence-electron chi connectivity index (χ2n) is 3.74. The predicted octanol–water partition coefficient (Wildman–Crippen LogP) is 3.27. The van der Waals surface area contributed by atoms with Gasteiger partial charge in [0.1, 0.15) is 0 Å². The molecule has 0 saturated carbocycles. The molecule has 0 spiro atoms. The molecule has 0 aromatic heterocycles. The third-order valence-corrected chi connectivity index (χ3v) is 3.44. The van der Waals surface area contributed by atoms with Gasteiger partial charge in [0.05, 0.1) is 10.0 Å². The lowest BCUT2D eigenvalue weighted by atomic mass is 10.3. The van der Waals surface area contributed by atoms with Crippen molar-refractivity contribution < 1.29 is 14.7 Å². The first-order chi connectivity index (χ1) is 9.77. The van der Waals surface area contributed by atoms with Gasteiger partial charge in [-0.3, -0.25) is 4.99 Å². The van der Waals surface area contributed by atoms with Crippen molar-refractivity contribution in [3.8, 4) is 0 Å². The van der Waals surface area contributed by atoms with E-state index in [9.17, 15) is 9.59 Å². The highest BCUT2D eigenvalue weighted by atomic mass is 35.5. The molecule has 0 aliphatic rings. The zero-order valence-electron chi connectivity index (χ0n) is 11.0. The fourth-order valence-electron chi connectivity index (χ4n) is 1.31. The van der Waals surface area contributed by atoms with Crippen LogP contribution in [0.5, 0.6) is 0 Å². The molecule has 1 aromatic carbocycles. The van der Waals surface area contributed by atoms with Crippen LogP contribution in [-0.4, -0.2) is 46.5 Å². The number of thiol groups is 1. The molecule has 114 valence electrons. The largest absolute Gasteiger partial charge is 0.465 e. The summed E-state index contributed by atoms with van der Waals surface area (Å²) in [6, 6.07) is 3.80. The first kappa shape index (κ1) is 17.4. The molecule has 1 aromatic rings. The number of carbonyl (C=O) groups excluding carboxylic acids is 1. The Labute approximate surface area is 136 Å². The van der Waals surface area contributed by atoms with Gasteiger partial charge < -0.3 is 10.4 Å². The van der Waals surface area contributed by atoms with Crippen molar-refractivity contribution in [2.24, 2.45) is 4.99 Å². The van der Waals surface area contributed by atoms with Gasteiger partial charge in [-0.1, -0.05) is 36.0 Å². The normalized spacial score (nSPS) is 11.0. The molecule has 0 heterocycles. The van der Waals surface area contributed by atoms with Crippen molar-refractivity contribution in [3.05, 3.63) is 28.2 Å². The average Bonchev–Trinajstić information content (AvgIpc) is 2.43. The van der Waals surface area contributed by atoms with E-state index in [1.165, 1.54) is 32.3 Å². The highest BCUT2D eigenvalue weighted by Crippen LogP contribution is 2.25. The highest BCUT2D eigenvalue weighted by molar-refractivity contribution is 7.79. The van der Waals surface area contributed by atoms with Crippen LogP contribution >= 0.6 is 36.0 Å². The van der Waals surface area contributed by atoms with Gasteiger partial charge in [-0.2, -0.15) is 0 Å². The van der Waals surface area contributed by atoms with Crippen LogP contribution in [0.15, 0.2) is 23.2 Å². The summed E-state index contributed by atoms with van der Waals surface area (Å²) in [4.78, 5) is 27.3. The van der Waals surface area contributed by atoms with Gasteiger partial charge in [0, 0.05) is 19.8 Å². The summed E-state index contributed by atoms with van der Waals surface area (Å²) in [6.07, 6.45) is -1.28. The number of hydrogen-bond donors (Lipinski definition) is 3. The van der Waals surface area contributed by atoms with Crippen LogP contribution < -0.4 is 5.32 Å². The van der Waals surface area contributed by atoms with Crippen molar-refractivity contribution in [3.63, 3.8) is 0 Å². The summed E-state index contributed by atoms with van der Waals surface area (Å²) in [5.74, 6) is -0.164. The standard InChI is InChI=1S/C11H12Cl2N4O3S/c1-14-9(16(2)11(19)20)17(21)10(18)15-6-3-4-7(12)8(13)5-6/h3-5,21H,1-2H3,(H,15,18)(H,19,20). The summed E-state index contributed by atoms with van der Waals surface area (Å²) in [7, 11) is 2.57. The van der Waals surface area contributed by atoms with Crippen molar-refractivity contribution in [2.75, 3.05) is 19.4 Å². The quantitative estimate of drug-likeness (QED) is 0.412. The molecule has 7 nitrogen and oxygen atoms in total. The van der Waals surface area contributed by atoms with Crippen molar-refractivity contribution in [2.45, 2.75) is 0 Å². The van der Waals surface area contributed by atoms with E-state index in [0.29, 0.717) is 10.7 Å². The Morgan fingerprint density at radius 2 is 1.95 bits per heavy atom. The monoisotopic (exact) mass is 350 g/mol. The van der Waals surface area contributed by atoms with Crippen molar-refractivity contribution >= 4 is 59.8 Å². The maximum atomic E-state index is 12.0. The number of urea groups is 1.